The van der Waals surface area contributed by atoms with E-state index in [0.29, 0.717) is 28.1 Å². The van der Waals surface area contributed by atoms with Gasteiger partial charge in [0.25, 0.3) is 11.1 Å². The maximum absolute atomic E-state index is 12.7. The molecule has 32 heavy (non-hydrogen) atoms. The van der Waals surface area contributed by atoms with Crippen LogP contribution in [0.15, 0.2) is 50.2 Å². The summed E-state index contributed by atoms with van der Waals surface area (Å²) in [4.78, 5) is 37.9. The van der Waals surface area contributed by atoms with Crippen LogP contribution in [0.4, 0.5) is 4.79 Å². The van der Waals surface area contributed by atoms with Gasteiger partial charge in [0.15, 0.2) is 11.5 Å². The van der Waals surface area contributed by atoms with Crippen molar-refractivity contribution < 1.29 is 28.6 Å². The molecular weight excluding hydrogens is 566 g/mol. The molecule has 2 aromatic rings. The smallest absolute Gasteiger partial charge is 0.328 e. The second-order valence-electron chi connectivity index (χ2n) is 6.70. The third-order valence-corrected chi connectivity index (χ3v) is 6.60. The van der Waals surface area contributed by atoms with Crippen molar-refractivity contribution in [3.63, 3.8) is 0 Å². The summed E-state index contributed by atoms with van der Waals surface area (Å²) < 4.78 is 17.7. The molecule has 3 rings (SSSR count). The number of esters is 1. The Kier molecular flexibility index (Phi) is 8.02. The average Bonchev–Trinajstić information content (AvgIpc) is 3.05. The number of amides is 2. The zero-order valence-corrected chi connectivity index (χ0v) is 21.4. The molecule has 0 unspecified atom stereocenters. The van der Waals surface area contributed by atoms with Crippen LogP contribution in [-0.2, 0) is 20.9 Å². The van der Waals surface area contributed by atoms with Crippen molar-refractivity contribution in [2.75, 3.05) is 14.2 Å². The minimum atomic E-state index is -1.01. The number of hydrogen-bond donors (Lipinski definition) is 0. The van der Waals surface area contributed by atoms with Gasteiger partial charge >= 0.3 is 5.97 Å². The van der Waals surface area contributed by atoms with Gasteiger partial charge in [-0.3, -0.25) is 14.5 Å². The molecule has 1 aliphatic heterocycles. The molecule has 2 amide bonds. The Morgan fingerprint density at radius 2 is 1.84 bits per heavy atom. The summed E-state index contributed by atoms with van der Waals surface area (Å²) >= 11 is 7.66. The molecule has 2 aromatic carbocycles. The number of thioether (sulfide) groups is 1. The van der Waals surface area contributed by atoms with Crippen LogP contribution in [0, 0.1) is 0 Å². The van der Waals surface area contributed by atoms with E-state index in [1.54, 1.807) is 18.2 Å². The van der Waals surface area contributed by atoms with Crippen molar-refractivity contribution >= 4 is 66.8 Å². The Labute approximate surface area is 206 Å². The number of methoxy groups -OCH3 is 2. The van der Waals surface area contributed by atoms with Gasteiger partial charge in [0.2, 0.25) is 0 Å². The summed E-state index contributed by atoms with van der Waals surface area (Å²) in [6.07, 6.45) is 1.57. The SMILES string of the molecule is COC(=O)[C@H](C)N1C(=O)S/C(=C/c2cc(Br)c(OCc3ccc(Br)cc3)c(OC)c2)C1=O. The topological polar surface area (TPSA) is 82.1 Å². The quantitative estimate of drug-likeness (QED) is 0.318. The lowest BCUT2D eigenvalue weighted by Crippen LogP contribution is -2.42. The number of imide groups is 1. The summed E-state index contributed by atoms with van der Waals surface area (Å²) in [5.41, 5.74) is 1.61. The molecule has 0 saturated carbocycles. The van der Waals surface area contributed by atoms with E-state index in [0.717, 1.165) is 26.7 Å². The second kappa shape index (κ2) is 10.5. The molecule has 1 fully saturated rings. The van der Waals surface area contributed by atoms with Gasteiger partial charge in [-0.1, -0.05) is 28.1 Å². The molecule has 7 nitrogen and oxygen atoms in total. The third kappa shape index (κ3) is 5.36. The number of carbonyl (C=O) groups is 3. The van der Waals surface area contributed by atoms with Crippen molar-refractivity contribution in [2.24, 2.45) is 0 Å². The van der Waals surface area contributed by atoms with Crippen molar-refractivity contribution in [1.82, 2.24) is 4.90 Å². The second-order valence-corrected chi connectivity index (χ2v) is 9.46. The molecule has 0 spiro atoms. The zero-order valence-electron chi connectivity index (χ0n) is 17.4. The normalized spacial score (nSPS) is 15.8. The van der Waals surface area contributed by atoms with E-state index in [2.05, 4.69) is 36.6 Å². The molecule has 1 saturated heterocycles. The molecule has 1 atom stereocenters. The average molecular weight is 585 g/mol. The molecule has 1 heterocycles. The van der Waals surface area contributed by atoms with E-state index in [1.165, 1.54) is 21.1 Å². The van der Waals surface area contributed by atoms with Gasteiger partial charge in [-0.2, -0.15) is 0 Å². The van der Waals surface area contributed by atoms with Crippen LogP contribution in [-0.4, -0.2) is 42.3 Å². The third-order valence-electron chi connectivity index (χ3n) is 4.60. The van der Waals surface area contributed by atoms with Crippen LogP contribution in [0.5, 0.6) is 11.5 Å². The number of benzene rings is 2. The van der Waals surface area contributed by atoms with Crippen molar-refractivity contribution in [2.45, 2.75) is 19.6 Å². The first-order valence-electron chi connectivity index (χ1n) is 9.34. The van der Waals surface area contributed by atoms with E-state index in [9.17, 15) is 14.4 Å². The molecule has 168 valence electrons. The highest BCUT2D eigenvalue weighted by Crippen LogP contribution is 2.40. The Hall–Kier alpha value is -2.30. The van der Waals surface area contributed by atoms with Crippen LogP contribution >= 0.6 is 43.6 Å². The van der Waals surface area contributed by atoms with E-state index >= 15 is 0 Å². The maximum Gasteiger partial charge on any atom is 0.328 e. The fraction of sp³-hybridized carbons (Fsp3) is 0.227. The number of hydrogen-bond acceptors (Lipinski definition) is 7. The molecule has 0 aliphatic carbocycles. The summed E-state index contributed by atoms with van der Waals surface area (Å²) in [5, 5.41) is -0.528. The standard InChI is InChI=1S/C22H19Br2NO6S/c1-12(21(27)30-3)25-20(26)18(32-22(25)28)10-14-8-16(24)19(17(9-14)29-2)31-11-13-4-6-15(23)7-5-13/h4-10,12H,11H2,1-3H3/b18-10+/t12-/m0/s1. The number of rotatable bonds is 7. The Morgan fingerprint density at radius 1 is 1.16 bits per heavy atom. The Morgan fingerprint density at radius 3 is 2.47 bits per heavy atom. The van der Waals surface area contributed by atoms with Gasteiger partial charge in [-0.15, -0.1) is 0 Å². The van der Waals surface area contributed by atoms with E-state index in [1.807, 2.05) is 24.3 Å². The first-order chi connectivity index (χ1) is 15.2. The van der Waals surface area contributed by atoms with E-state index < -0.39 is 23.2 Å². The summed E-state index contributed by atoms with van der Waals surface area (Å²) in [6.45, 7) is 1.79. The molecule has 0 radical (unpaired) electrons. The van der Waals surface area contributed by atoms with Crippen molar-refractivity contribution in [3.8, 4) is 11.5 Å². The minimum Gasteiger partial charge on any atom is -0.493 e. The number of ether oxygens (including phenoxy) is 3. The van der Waals surface area contributed by atoms with Gasteiger partial charge < -0.3 is 14.2 Å². The minimum absolute atomic E-state index is 0.197. The lowest BCUT2D eigenvalue weighted by Gasteiger charge is -2.18. The van der Waals surface area contributed by atoms with E-state index in [4.69, 9.17) is 9.47 Å². The predicted octanol–water partition coefficient (Wildman–Crippen LogP) is 5.40. The molecule has 0 aromatic heterocycles. The fourth-order valence-corrected chi connectivity index (χ4v) is 4.69. The number of carbonyl (C=O) groups excluding carboxylic acids is 3. The molecule has 0 N–H and O–H groups in total. The first kappa shape index (κ1) is 24.3. The Balaban J connectivity index is 1.83. The maximum atomic E-state index is 12.7. The first-order valence-corrected chi connectivity index (χ1v) is 11.7. The van der Waals surface area contributed by atoms with Gasteiger partial charge in [-0.05, 0) is 76.1 Å². The van der Waals surface area contributed by atoms with Crippen LogP contribution in [0.2, 0.25) is 0 Å². The van der Waals surface area contributed by atoms with Crippen molar-refractivity contribution in [3.05, 3.63) is 61.4 Å². The lowest BCUT2D eigenvalue weighted by molar-refractivity contribution is -0.148. The van der Waals surface area contributed by atoms with Gasteiger partial charge in [0.05, 0.1) is 23.6 Å². The summed E-state index contributed by atoms with van der Waals surface area (Å²) in [5.74, 6) is -0.237. The van der Waals surface area contributed by atoms with Crippen LogP contribution in [0.1, 0.15) is 18.1 Å². The van der Waals surface area contributed by atoms with Gasteiger partial charge in [-0.25, -0.2) is 4.79 Å². The number of nitrogens with zero attached hydrogens (tertiary/aromatic N) is 1. The zero-order chi connectivity index (χ0) is 23.4. The highest BCUT2D eigenvalue weighted by molar-refractivity contribution is 9.10. The highest BCUT2D eigenvalue weighted by Gasteiger charge is 2.41. The van der Waals surface area contributed by atoms with Crippen molar-refractivity contribution in [1.29, 1.82) is 0 Å². The van der Waals surface area contributed by atoms with Crippen LogP contribution in [0.3, 0.4) is 0 Å². The van der Waals surface area contributed by atoms with Gasteiger partial charge in [0.1, 0.15) is 12.6 Å². The predicted molar refractivity (Wildman–Crippen MR) is 128 cm³/mol. The van der Waals surface area contributed by atoms with E-state index in [-0.39, 0.29) is 4.91 Å². The van der Waals surface area contributed by atoms with Gasteiger partial charge in [0, 0.05) is 4.47 Å². The molecular formula is C22H19Br2NO6S. The largest absolute Gasteiger partial charge is 0.493 e. The summed E-state index contributed by atoms with van der Waals surface area (Å²) in [6, 6.07) is 10.2. The van der Waals surface area contributed by atoms with Crippen LogP contribution in [0.25, 0.3) is 6.08 Å². The fourth-order valence-electron chi connectivity index (χ4n) is 2.94. The Bertz CT molecular complexity index is 1090. The lowest BCUT2D eigenvalue weighted by atomic mass is 10.1. The summed E-state index contributed by atoms with van der Waals surface area (Å²) in [7, 11) is 2.72. The highest BCUT2D eigenvalue weighted by atomic mass is 79.9. The molecule has 1 aliphatic rings. The monoisotopic (exact) mass is 583 g/mol. The number of halogens is 2. The molecule has 0 bridgehead atoms. The van der Waals surface area contributed by atoms with Crippen LogP contribution < -0.4 is 9.47 Å². The molecule has 10 heteroatoms.